The van der Waals surface area contributed by atoms with E-state index in [1.165, 1.54) is 0 Å². The predicted octanol–water partition coefficient (Wildman–Crippen LogP) is 2.03. The highest BCUT2D eigenvalue weighted by Gasteiger charge is 2.19. The number of anilines is 2. The van der Waals surface area contributed by atoms with Gasteiger partial charge in [0.05, 0.1) is 7.11 Å². The molecule has 0 bridgehead atoms. The number of ether oxygens (including phenoxy) is 1. The molecule has 0 heterocycles. The monoisotopic (exact) mass is 237 g/mol. The highest BCUT2D eigenvalue weighted by Crippen LogP contribution is 2.23. The van der Waals surface area contributed by atoms with Crippen molar-refractivity contribution in [3.63, 3.8) is 0 Å². The van der Waals surface area contributed by atoms with Crippen LogP contribution in [0.5, 0.6) is 5.75 Å². The maximum absolute atomic E-state index is 5.80. The Kier molecular flexibility index (Phi) is 4.23. The molecule has 3 N–H and O–H groups in total. The summed E-state index contributed by atoms with van der Waals surface area (Å²) in [6.07, 6.45) is 0. The standard InChI is InChI=1S/C13H23N3O/c1-13(2,16(3)4)9-15-11-6-10(14)7-12(8-11)17-5/h6-8,15H,9,14H2,1-5H3. The van der Waals surface area contributed by atoms with Crippen molar-refractivity contribution in [1.29, 1.82) is 0 Å². The van der Waals surface area contributed by atoms with Crippen LogP contribution in [0.2, 0.25) is 0 Å². The number of hydrogen-bond acceptors (Lipinski definition) is 4. The lowest BCUT2D eigenvalue weighted by molar-refractivity contribution is 0.210. The van der Waals surface area contributed by atoms with Gasteiger partial charge in [0.15, 0.2) is 0 Å². The number of methoxy groups -OCH3 is 1. The molecule has 4 nitrogen and oxygen atoms in total. The van der Waals surface area contributed by atoms with E-state index in [2.05, 4.69) is 38.2 Å². The quantitative estimate of drug-likeness (QED) is 0.769. The Morgan fingerprint density at radius 1 is 1.29 bits per heavy atom. The van der Waals surface area contributed by atoms with Crippen LogP contribution in [0, 0.1) is 0 Å². The summed E-state index contributed by atoms with van der Waals surface area (Å²) in [7, 11) is 5.78. The van der Waals surface area contributed by atoms with Gasteiger partial charge < -0.3 is 20.7 Å². The molecule has 0 radical (unpaired) electrons. The Bertz CT molecular complexity index is 375. The first-order chi connectivity index (χ1) is 7.85. The maximum Gasteiger partial charge on any atom is 0.122 e. The Balaban J connectivity index is 2.72. The molecule has 96 valence electrons. The highest BCUT2D eigenvalue weighted by atomic mass is 16.5. The van der Waals surface area contributed by atoms with E-state index < -0.39 is 0 Å². The van der Waals surface area contributed by atoms with Crippen LogP contribution in [-0.4, -0.2) is 38.2 Å². The molecule has 0 spiro atoms. The summed E-state index contributed by atoms with van der Waals surface area (Å²) in [6.45, 7) is 5.21. The van der Waals surface area contributed by atoms with E-state index in [-0.39, 0.29) is 5.54 Å². The lowest BCUT2D eigenvalue weighted by Gasteiger charge is -2.33. The van der Waals surface area contributed by atoms with Crippen molar-refractivity contribution in [1.82, 2.24) is 4.90 Å². The third-order valence-electron chi connectivity index (χ3n) is 3.10. The first-order valence-electron chi connectivity index (χ1n) is 5.71. The third kappa shape index (κ3) is 3.82. The fourth-order valence-corrected chi connectivity index (χ4v) is 1.32. The van der Waals surface area contributed by atoms with Crippen molar-refractivity contribution in [2.75, 3.05) is 38.8 Å². The Morgan fingerprint density at radius 2 is 1.94 bits per heavy atom. The number of likely N-dealkylation sites (N-methyl/N-ethyl adjacent to an activating group) is 1. The second-order valence-electron chi connectivity index (χ2n) is 5.06. The van der Waals surface area contributed by atoms with Crippen LogP contribution < -0.4 is 15.8 Å². The van der Waals surface area contributed by atoms with Gasteiger partial charge in [-0.1, -0.05) is 0 Å². The van der Waals surface area contributed by atoms with E-state index in [1.54, 1.807) is 7.11 Å². The van der Waals surface area contributed by atoms with Gasteiger partial charge in [-0.05, 0) is 34.0 Å². The third-order valence-corrected chi connectivity index (χ3v) is 3.10. The van der Waals surface area contributed by atoms with E-state index >= 15 is 0 Å². The van der Waals surface area contributed by atoms with Crippen molar-refractivity contribution in [2.45, 2.75) is 19.4 Å². The molecule has 0 unspecified atom stereocenters. The molecular formula is C13H23N3O. The van der Waals surface area contributed by atoms with Crippen molar-refractivity contribution >= 4 is 11.4 Å². The van der Waals surface area contributed by atoms with Gasteiger partial charge in [-0.25, -0.2) is 0 Å². The fraction of sp³-hybridized carbons (Fsp3) is 0.538. The molecule has 0 saturated carbocycles. The minimum absolute atomic E-state index is 0.0812. The molecule has 4 heteroatoms. The first-order valence-corrected chi connectivity index (χ1v) is 5.71. The summed E-state index contributed by atoms with van der Waals surface area (Å²) in [5, 5.41) is 3.38. The topological polar surface area (TPSA) is 50.5 Å². The average molecular weight is 237 g/mol. The molecule has 1 rings (SSSR count). The summed E-state index contributed by atoms with van der Waals surface area (Å²) in [5.74, 6) is 0.773. The second-order valence-corrected chi connectivity index (χ2v) is 5.06. The summed E-state index contributed by atoms with van der Waals surface area (Å²) < 4.78 is 5.18. The van der Waals surface area contributed by atoms with Gasteiger partial charge in [-0.3, -0.25) is 0 Å². The lowest BCUT2D eigenvalue weighted by atomic mass is 10.0. The van der Waals surface area contributed by atoms with Gasteiger partial charge in [-0.2, -0.15) is 0 Å². The Hall–Kier alpha value is -1.42. The highest BCUT2D eigenvalue weighted by molar-refractivity contribution is 5.59. The van der Waals surface area contributed by atoms with Crippen molar-refractivity contribution in [2.24, 2.45) is 0 Å². The predicted molar refractivity (Wildman–Crippen MR) is 73.7 cm³/mol. The molecule has 0 aliphatic heterocycles. The van der Waals surface area contributed by atoms with Crippen molar-refractivity contribution in [3.8, 4) is 5.75 Å². The summed E-state index contributed by atoms with van der Waals surface area (Å²) >= 11 is 0. The molecule has 0 fully saturated rings. The zero-order valence-electron chi connectivity index (χ0n) is 11.4. The van der Waals surface area contributed by atoms with Crippen LogP contribution in [0.15, 0.2) is 18.2 Å². The molecule has 0 amide bonds. The van der Waals surface area contributed by atoms with E-state index in [4.69, 9.17) is 10.5 Å². The molecule has 17 heavy (non-hydrogen) atoms. The minimum atomic E-state index is 0.0812. The lowest BCUT2D eigenvalue weighted by Crippen LogP contribution is -2.44. The van der Waals surface area contributed by atoms with Gasteiger partial charge in [-0.15, -0.1) is 0 Å². The summed E-state index contributed by atoms with van der Waals surface area (Å²) in [4.78, 5) is 2.18. The molecule has 0 aromatic heterocycles. The molecule has 1 aromatic rings. The van der Waals surface area contributed by atoms with Crippen molar-refractivity contribution < 1.29 is 4.74 Å². The Morgan fingerprint density at radius 3 is 2.47 bits per heavy atom. The molecule has 0 saturated heterocycles. The maximum atomic E-state index is 5.80. The Labute approximate surface area is 104 Å². The summed E-state index contributed by atoms with van der Waals surface area (Å²) in [5.41, 5.74) is 7.57. The van der Waals surface area contributed by atoms with Gasteiger partial charge >= 0.3 is 0 Å². The first kappa shape index (κ1) is 13.6. The van der Waals surface area contributed by atoms with Crippen LogP contribution in [-0.2, 0) is 0 Å². The second kappa shape index (κ2) is 5.27. The molecule has 0 aliphatic carbocycles. The molecular weight excluding hydrogens is 214 g/mol. The average Bonchev–Trinajstić information content (AvgIpc) is 2.25. The van der Waals surface area contributed by atoms with Crippen LogP contribution >= 0.6 is 0 Å². The van der Waals surface area contributed by atoms with E-state index in [0.29, 0.717) is 5.69 Å². The molecule has 1 aromatic carbocycles. The van der Waals surface area contributed by atoms with Crippen molar-refractivity contribution in [3.05, 3.63) is 18.2 Å². The number of nitrogen functional groups attached to an aromatic ring is 1. The number of nitrogens with zero attached hydrogens (tertiary/aromatic N) is 1. The normalized spacial score (nSPS) is 11.6. The van der Waals surface area contributed by atoms with E-state index in [9.17, 15) is 0 Å². The van der Waals surface area contributed by atoms with Gasteiger partial charge in [0, 0.05) is 35.6 Å². The zero-order valence-corrected chi connectivity index (χ0v) is 11.4. The smallest absolute Gasteiger partial charge is 0.122 e. The number of rotatable bonds is 5. The van der Waals surface area contributed by atoms with E-state index in [0.717, 1.165) is 18.0 Å². The summed E-state index contributed by atoms with van der Waals surface area (Å²) in [6, 6.07) is 5.67. The van der Waals surface area contributed by atoms with Crippen LogP contribution in [0.3, 0.4) is 0 Å². The SMILES string of the molecule is COc1cc(N)cc(NCC(C)(C)N(C)C)c1. The van der Waals surface area contributed by atoms with Crippen LogP contribution in [0.4, 0.5) is 11.4 Å². The van der Waals surface area contributed by atoms with E-state index in [1.807, 2.05) is 18.2 Å². The van der Waals surface area contributed by atoms with Gasteiger partial charge in [0.25, 0.3) is 0 Å². The fourth-order valence-electron chi connectivity index (χ4n) is 1.32. The minimum Gasteiger partial charge on any atom is -0.497 e. The van der Waals surface area contributed by atoms with Gasteiger partial charge in [0.2, 0.25) is 0 Å². The number of hydrogen-bond donors (Lipinski definition) is 2. The zero-order chi connectivity index (χ0) is 13.1. The molecule has 0 aliphatic rings. The van der Waals surface area contributed by atoms with Gasteiger partial charge in [0.1, 0.15) is 5.75 Å². The van der Waals surface area contributed by atoms with Crippen LogP contribution in [0.25, 0.3) is 0 Å². The van der Waals surface area contributed by atoms with Crippen LogP contribution in [0.1, 0.15) is 13.8 Å². The number of nitrogens with two attached hydrogens (primary N) is 1. The molecule has 0 atom stereocenters. The number of benzene rings is 1. The number of nitrogens with one attached hydrogen (secondary N) is 1. The largest absolute Gasteiger partial charge is 0.497 e.